The number of esters is 1. The van der Waals surface area contributed by atoms with Gasteiger partial charge in [0.05, 0.1) is 12.1 Å². The number of carbonyl (C=O) groups is 1. The van der Waals surface area contributed by atoms with E-state index in [0.717, 1.165) is 14.7 Å². The molecule has 0 saturated heterocycles. The van der Waals surface area contributed by atoms with E-state index in [1.54, 1.807) is 18.2 Å². The Hall–Kier alpha value is -2.32. The fraction of sp³-hybridized carbons (Fsp3) is 0.143. The lowest BCUT2D eigenvalue weighted by molar-refractivity contribution is -0.129. The lowest BCUT2D eigenvalue weighted by Gasteiger charge is -2.13. The van der Waals surface area contributed by atoms with Crippen LogP contribution in [0, 0.1) is 3.57 Å². The Bertz CT molecular complexity index is 996. The first-order valence-electron chi connectivity index (χ1n) is 8.30. The molecule has 5 nitrogen and oxygen atoms in total. The minimum atomic E-state index is -0.522. The van der Waals surface area contributed by atoms with Gasteiger partial charge < -0.3 is 14.2 Å². The van der Waals surface area contributed by atoms with Crippen LogP contribution >= 0.6 is 34.2 Å². The zero-order valence-corrected chi connectivity index (χ0v) is 18.2. The largest absolute Gasteiger partial charge is 0.493 e. The second-order valence-electron chi connectivity index (χ2n) is 6.12. The number of cyclic esters (lactones) is 1. The summed E-state index contributed by atoms with van der Waals surface area (Å²) in [6.07, 6.45) is 1.60. The van der Waals surface area contributed by atoms with Gasteiger partial charge >= 0.3 is 5.97 Å². The molecule has 0 fully saturated rings. The van der Waals surface area contributed by atoms with Crippen LogP contribution in [-0.4, -0.2) is 25.6 Å². The Morgan fingerprint density at radius 3 is 2.68 bits per heavy atom. The molecule has 0 bridgehead atoms. The van der Waals surface area contributed by atoms with Gasteiger partial charge in [-0.05, 0) is 83.1 Å². The summed E-state index contributed by atoms with van der Waals surface area (Å²) in [6.45, 7) is 5.98. The van der Waals surface area contributed by atoms with E-state index >= 15 is 0 Å². The molecule has 2 aromatic rings. The molecule has 144 valence electrons. The van der Waals surface area contributed by atoms with Crippen molar-refractivity contribution in [3.63, 3.8) is 0 Å². The normalized spacial score (nSPS) is 14.6. The molecule has 1 aliphatic rings. The van der Waals surface area contributed by atoms with Gasteiger partial charge in [0, 0.05) is 9.13 Å². The van der Waals surface area contributed by atoms with Crippen LogP contribution < -0.4 is 9.47 Å². The maximum Gasteiger partial charge on any atom is 0.363 e. The number of benzene rings is 2. The van der Waals surface area contributed by atoms with E-state index in [9.17, 15) is 4.79 Å². The highest BCUT2D eigenvalue weighted by Crippen LogP contribution is 2.37. The lowest BCUT2D eigenvalue weighted by atomic mass is 10.1. The molecule has 0 unspecified atom stereocenters. The maximum atomic E-state index is 12.2. The summed E-state index contributed by atoms with van der Waals surface area (Å²) in [6, 6.07) is 10.9. The second kappa shape index (κ2) is 8.79. The van der Waals surface area contributed by atoms with E-state index in [2.05, 4.69) is 34.2 Å². The van der Waals surface area contributed by atoms with Crippen LogP contribution in [0.4, 0.5) is 0 Å². The Morgan fingerprint density at radius 2 is 2.04 bits per heavy atom. The highest BCUT2D eigenvalue weighted by Gasteiger charge is 2.24. The number of ether oxygens (including phenoxy) is 3. The van der Waals surface area contributed by atoms with Crippen molar-refractivity contribution in [1.29, 1.82) is 0 Å². The number of methoxy groups -OCH3 is 1. The van der Waals surface area contributed by atoms with Gasteiger partial charge in [0.25, 0.3) is 0 Å². The maximum absolute atomic E-state index is 12.2. The zero-order chi connectivity index (χ0) is 20.3. The van der Waals surface area contributed by atoms with E-state index in [-0.39, 0.29) is 11.6 Å². The first-order valence-corrected chi connectivity index (χ1v) is 9.76. The van der Waals surface area contributed by atoms with E-state index in [0.29, 0.717) is 28.7 Å². The summed E-state index contributed by atoms with van der Waals surface area (Å²) in [7, 11) is 1.52. The molecule has 0 spiro atoms. The van der Waals surface area contributed by atoms with Gasteiger partial charge in [-0.2, -0.15) is 0 Å². The third kappa shape index (κ3) is 4.74. The molecular formula is C21H17ClINO4. The molecule has 2 aromatic carbocycles. The van der Waals surface area contributed by atoms with Crippen molar-refractivity contribution in [2.45, 2.75) is 6.92 Å². The van der Waals surface area contributed by atoms with Crippen molar-refractivity contribution in [3.8, 4) is 11.5 Å². The van der Waals surface area contributed by atoms with Crippen molar-refractivity contribution in [1.82, 2.24) is 0 Å². The number of hydrogen-bond donors (Lipinski definition) is 0. The molecule has 0 N–H and O–H groups in total. The summed E-state index contributed by atoms with van der Waals surface area (Å²) in [4.78, 5) is 16.5. The van der Waals surface area contributed by atoms with Crippen LogP contribution in [0.1, 0.15) is 18.1 Å². The lowest BCUT2D eigenvalue weighted by Crippen LogP contribution is -2.05. The number of carbonyl (C=O) groups excluding carboxylic acids is 1. The Morgan fingerprint density at radius 1 is 1.32 bits per heavy atom. The standard InChI is InChI=1S/C21H17ClINO4/c1-12(2)11-27-19-16(22)8-13(10-18(19)26-3)9-17-21(25)28-20(24-17)14-4-6-15(23)7-5-14/h4-10H,1,11H2,2-3H3/b17-9-. The average molecular weight is 510 g/mol. The number of hydrogen-bond acceptors (Lipinski definition) is 5. The van der Waals surface area contributed by atoms with Crippen LogP contribution in [0.5, 0.6) is 11.5 Å². The van der Waals surface area contributed by atoms with Crippen LogP contribution in [-0.2, 0) is 9.53 Å². The molecule has 3 rings (SSSR count). The molecule has 0 radical (unpaired) electrons. The quantitative estimate of drug-likeness (QED) is 0.231. The first-order chi connectivity index (χ1) is 13.4. The molecule has 1 aliphatic heterocycles. The molecule has 0 amide bonds. The van der Waals surface area contributed by atoms with E-state index < -0.39 is 5.97 Å². The number of aliphatic imine (C=N–C) groups is 1. The SMILES string of the molecule is C=C(C)COc1c(Cl)cc(/C=C2\N=C(c3ccc(I)cc3)OC2=O)cc1OC. The van der Waals surface area contributed by atoms with Crippen molar-refractivity contribution in [2.75, 3.05) is 13.7 Å². The summed E-state index contributed by atoms with van der Waals surface area (Å²) in [5.74, 6) is 0.624. The van der Waals surface area contributed by atoms with E-state index in [4.69, 9.17) is 25.8 Å². The minimum absolute atomic E-state index is 0.183. The zero-order valence-electron chi connectivity index (χ0n) is 15.3. The van der Waals surface area contributed by atoms with Crippen LogP contribution in [0.2, 0.25) is 5.02 Å². The summed E-state index contributed by atoms with van der Waals surface area (Å²) in [5.41, 5.74) is 2.41. The Kier molecular flexibility index (Phi) is 6.41. The minimum Gasteiger partial charge on any atom is -0.493 e. The van der Waals surface area contributed by atoms with Gasteiger partial charge in [-0.1, -0.05) is 18.2 Å². The summed E-state index contributed by atoms with van der Waals surface area (Å²) < 4.78 is 17.4. The molecule has 0 aromatic heterocycles. The third-order valence-electron chi connectivity index (χ3n) is 3.73. The van der Waals surface area contributed by atoms with Gasteiger partial charge in [0.2, 0.25) is 5.90 Å². The monoisotopic (exact) mass is 509 g/mol. The molecule has 0 atom stereocenters. The van der Waals surface area contributed by atoms with E-state index in [1.807, 2.05) is 31.2 Å². The van der Waals surface area contributed by atoms with Crippen LogP contribution in [0.3, 0.4) is 0 Å². The fourth-order valence-electron chi connectivity index (χ4n) is 2.44. The van der Waals surface area contributed by atoms with Crippen LogP contribution in [0.15, 0.2) is 59.2 Å². The fourth-order valence-corrected chi connectivity index (χ4v) is 3.07. The topological polar surface area (TPSA) is 57.1 Å². The van der Waals surface area contributed by atoms with Crippen molar-refractivity contribution in [3.05, 3.63) is 74.0 Å². The highest BCUT2D eigenvalue weighted by molar-refractivity contribution is 14.1. The highest BCUT2D eigenvalue weighted by atomic mass is 127. The van der Waals surface area contributed by atoms with Crippen molar-refractivity contribution >= 4 is 52.1 Å². The number of rotatable bonds is 6. The van der Waals surface area contributed by atoms with Gasteiger partial charge in [-0.15, -0.1) is 0 Å². The third-order valence-corrected chi connectivity index (χ3v) is 4.73. The molecule has 1 heterocycles. The molecule has 7 heteroatoms. The molecule has 0 aliphatic carbocycles. The van der Waals surface area contributed by atoms with Gasteiger partial charge in [-0.25, -0.2) is 9.79 Å². The van der Waals surface area contributed by atoms with Crippen molar-refractivity contribution < 1.29 is 19.0 Å². The van der Waals surface area contributed by atoms with Gasteiger partial charge in [0.15, 0.2) is 17.2 Å². The summed E-state index contributed by atoms with van der Waals surface area (Å²) >= 11 is 8.55. The molecule has 28 heavy (non-hydrogen) atoms. The van der Waals surface area contributed by atoms with Gasteiger partial charge in [0.1, 0.15) is 6.61 Å². The van der Waals surface area contributed by atoms with Gasteiger partial charge in [-0.3, -0.25) is 0 Å². The predicted octanol–water partition coefficient (Wildman–Crippen LogP) is 5.25. The number of halogens is 2. The Balaban J connectivity index is 1.91. The number of nitrogens with zero attached hydrogens (tertiary/aromatic N) is 1. The predicted molar refractivity (Wildman–Crippen MR) is 118 cm³/mol. The first kappa shape index (κ1) is 20.4. The molecule has 0 saturated carbocycles. The Labute approximate surface area is 181 Å². The van der Waals surface area contributed by atoms with E-state index in [1.165, 1.54) is 7.11 Å². The summed E-state index contributed by atoms with van der Waals surface area (Å²) in [5, 5.41) is 0.362. The smallest absolute Gasteiger partial charge is 0.363 e. The van der Waals surface area contributed by atoms with Crippen molar-refractivity contribution in [2.24, 2.45) is 4.99 Å². The van der Waals surface area contributed by atoms with Crippen LogP contribution in [0.25, 0.3) is 6.08 Å². The second-order valence-corrected chi connectivity index (χ2v) is 7.78. The molecular weight excluding hydrogens is 493 g/mol. The average Bonchev–Trinajstić information content (AvgIpc) is 3.01.